The number of halogens is 1. The van der Waals surface area contributed by atoms with Crippen LogP contribution in [0.3, 0.4) is 0 Å². The van der Waals surface area contributed by atoms with Crippen LogP contribution in [0.5, 0.6) is 0 Å². The lowest BCUT2D eigenvalue weighted by Gasteiger charge is -2.15. The van der Waals surface area contributed by atoms with Crippen LogP contribution in [-0.4, -0.2) is 11.5 Å². The first kappa shape index (κ1) is 14.3. The van der Waals surface area contributed by atoms with E-state index in [0.29, 0.717) is 5.92 Å². The molecule has 0 aliphatic heterocycles. The van der Waals surface area contributed by atoms with E-state index in [2.05, 4.69) is 67.1 Å². The molecule has 0 aliphatic carbocycles. The molecule has 0 saturated carbocycles. The minimum atomic E-state index is 0.468. The summed E-state index contributed by atoms with van der Waals surface area (Å²) in [5, 5.41) is 4.65. The van der Waals surface area contributed by atoms with Gasteiger partial charge in [-0.05, 0) is 64.5 Å². The number of nitrogens with zero attached hydrogens (tertiary/aromatic N) is 1. The van der Waals surface area contributed by atoms with Gasteiger partial charge in [0.2, 0.25) is 0 Å². The molecule has 1 heterocycles. The second-order valence-corrected chi connectivity index (χ2v) is 6.18. The summed E-state index contributed by atoms with van der Waals surface area (Å²) in [5.74, 6) is 1.49. The van der Waals surface area contributed by atoms with Crippen molar-refractivity contribution < 1.29 is 0 Å². The van der Waals surface area contributed by atoms with Crippen LogP contribution in [0.2, 0.25) is 0 Å². The molecule has 0 bridgehead atoms. The van der Waals surface area contributed by atoms with E-state index in [9.17, 15) is 0 Å². The van der Waals surface area contributed by atoms with Gasteiger partial charge in [0.05, 0.1) is 5.52 Å². The lowest BCUT2D eigenvalue weighted by atomic mass is 10.0. The van der Waals surface area contributed by atoms with E-state index in [1.165, 1.54) is 16.5 Å². The zero-order valence-electron chi connectivity index (χ0n) is 12.0. The van der Waals surface area contributed by atoms with Crippen LogP contribution in [0.4, 0.5) is 5.82 Å². The number of aromatic nitrogens is 1. The molecule has 2 aromatic rings. The lowest BCUT2D eigenvalue weighted by molar-refractivity contribution is 0.856. The highest BCUT2D eigenvalue weighted by Crippen LogP contribution is 2.31. The third kappa shape index (κ3) is 3.08. The predicted molar refractivity (Wildman–Crippen MR) is 87.0 cm³/mol. The molecule has 0 amide bonds. The van der Waals surface area contributed by atoms with Crippen molar-refractivity contribution in [3.63, 3.8) is 0 Å². The molecule has 2 rings (SSSR count). The van der Waals surface area contributed by atoms with Gasteiger partial charge in [-0.2, -0.15) is 0 Å². The maximum Gasteiger partial charge on any atom is 0.130 e. The average molecular weight is 321 g/mol. The van der Waals surface area contributed by atoms with Crippen LogP contribution in [0, 0.1) is 6.92 Å². The molecule has 1 aromatic carbocycles. The number of hydrogen-bond donors (Lipinski definition) is 1. The molecule has 102 valence electrons. The molecule has 0 fully saturated rings. The highest BCUT2D eigenvalue weighted by Gasteiger charge is 2.11. The Morgan fingerprint density at radius 1 is 1.26 bits per heavy atom. The Hall–Kier alpha value is -1.09. The number of anilines is 1. The fourth-order valence-electron chi connectivity index (χ4n) is 2.23. The summed E-state index contributed by atoms with van der Waals surface area (Å²) in [6.45, 7) is 9.67. The second-order valence-electron chi connectivity index (χ2n) is 5.33. The van der Waals surface area contributed by atoms with Gasteiger partial charge in [0.15, 0.2) is 0 Å². The van der Waals surface area contributed by atoms with Gasteiger partial charge in [-0.3, -0.25) is 0 Å². The summed E-state index contributed by atoms with van der Waals surface area (Å²) >= 11 is 3.62. The van der Waals surface area contributed by atoms with E-state index in [4.69, 9.17) is 4.98 Å². The molecule has 0 aliphatic rings. The van der Waals surface area contributed by atoms with Crippen molar-refractivity contribution in [2.24, 2.45) is 0 Å². The summed E-state index contributed by atoms with van der Waals surface area (Å²) < 4.78 is 1.07. The summed E-state index contributed by atoms with van der Waals surface area (Å²) in [4.78, 5) is 4.82. The van der Waals surface area contributed by atoms with Crippen molar-refractivity contribution in [2.45, 2.75) is 40.0 Å². The van der Waals surface area contributed by atoms with E-state index < -0.39 is 0 Å². The SMILES string of the molecule is CCCNc1nc2c(Br)cc(C)cc2cc1C(C)C. The molecule has 3 heteroatoms. The van der Waals surface area contributed by atoms with E-state index in [1.54, 1.807) is 0 Å². The maximum absolute atomic E-state index is 4.82. The van der Waals surface area contributed by atoms with Gasteiger partial charge < -0.3 is 5.32 Å². The Morgan fingerprint density at radius 3 is 2.63 bits per heavy atom. The lowest BCUT2D eigenvalue weighted by Crippen LogP contribution is -2.06. The maximum atomic E-state index is 4.82. The van der Waals surface area contributed by atoms with E-state index in [-0.39, 0.29) is 0 Å². The largest absolute Gasteiger partial charge is 0.370 e. The third-order valence-corrected chi connectivity index (χ3v) is 3.81. The molecule has 0 spiro atoms. The van der Waals surface area contributed by atoms with Crippen molar-refractivity contribution >= 4 is 32.7 Å². The van der Waals surface area contributed by atoms with Crippen LogP contribution in [0.15, 0.2) is 22.7 Å². The Bertz CT molecular complexity index is 591. The highest BCUT2D eigenvalue weighted by molar-refractivity contribution is 9.10. The second kappa shape index (κ2) is 5.91. The summed E-state index contributed by atoms with van der Waals surface area (Å²) in [5.41, 5.74) is 3.58. The van der Waals surface area contributed by atoms with Gasteiger partial charge >= 0.3 is 0 Å². The minimum absolute atomic E-state index is 0.468. The Kier molecular flexibility index (Phi) is 4.46. The number of pyridine rings is 1. The fourth-order valence-corrected chi connectivity index (χ4v) is 2.91. The van der Waals surface area contributed by atoms with Crippen molar-refractivity contribution in [1.29, 1.82) is 0 Å². The molecule has 19 heavy (non-hydrogen) atoms. The van der Waals surface area contributed by atoms with Crippen molar-refractivity contribution in [1.82, 2.24) is 4.98 Å². The van der Waals surface area contributed by atoms with Crippen molar-refractivity contribution in [3.8, 4) is 0 Å². The number of rotatable bonds is 4. The van der Waals surface area contributed by atoms with Crippen LogP contribution in [-0.2, 0) is 0 Å². The van der Waals surface area contributed by atoms with Gasteiger partial charge in [0.25, 0.3) is 0 Å². The standard InChI is InChI=1S/C16H21BrN2/c1-5-6-18-16-13(10(2)3)9-12-7-11(4)8-14(17)15(12)19-16/h7-10H,5-6H2,1-4H3,(H,18,19). The number of hydrogen-bond acceptors (Lipinski definition) is 2. The number of fused-ring (bicyclic) bond motifs is 1. The van der Waals surface area contributed by atoms with E-state index >= 15 is 0 Å². The topological polar surface area (TPSA) is 24.9 Å². The van der Waals surface area contributed by atoms with Gasteiger partial charge in [-0.25, -0.2) is 4.98 Å². The number of benzene rings is 1. The van der Waals surface area contributed by atoms with Crippen LogP contribution < -0.4 is 5.32 Å². The molecule has 2 nitrogen and oxygen atoms in total. The smallest absolute Gasteiger partial charge is 0.130 e. The molecule has 1 N–H and O–H groups in total. The predicted octanol–water partition coefficient (Wildman–Crippen LogP) is 5.25. The van der Waals surface area contributed by atoms with Crippen LogP contribution >= 0.6 is 15.9 Å². The molecule has 0 atom stereocenters. The number of aryl methyl sites for hydroxylation is 1. The minimum Gasteiger partial charge on any atom is -0.370 e. The first-order chi connectivity index (χ1) is 9.02. The zero-order valence-corrected chi connectivity index (χ0v) is 13.6. The monoisotopic (exact) mass is 320 g/mol. The van der Waals surface area contributed by atoms with Crippen molar-refractivity contribution in [2.75, 3.05) is 11.9 Å². The molecule has 1 aromatic heterocycles. The average Bonchev–Trinajstić information content (AvgIpc) is 2.35. The third-order valence-electron chi connectivity index (χ3n) is 3.21. The van der Waals surface area contributed by atoms with E-state index in [1.807, 2.05) is 0 Å². The zero-order chi connectivity index (χ0) is 14.0. The molecule has 0 unspecified atom stereocenters. The summed E-state index contributed by atoms with van der Waals surface area (Å²) in [6.07, 6.45) is 1.10. The van der Waals surface area contributed by atoms with Gasteiger partial charge in [-0.1, -0.05) is 20.8 Å². The van der Waals surface area contributed by atoms with Crippen LogP contribution in [0.1, 0.15) is 44.2 Å². The molecule has 0 saturated heterocycles. The van der Waals surface area contributed by atoms with Gasteiger partial charge in [0.1, 0.15) is 5.82 Å². The first-order valence-corrected chi connectivity index (χ1v) is 7.67. The Labute approximate surface area is 123 Å². The first-order valence-electron chi connectivity index (χ1n) is 6.87. The summed E-state index contributed by atoms with van der Waals surface area (Å²) in [6, 6.07) is 6.58. The number of nitrogens with one attached hydrogen (secondary N) is 1. The van der Waals surface area contributed by atoms with Crippen molar-refractivity contribution in [3.05, 3.63) is 33.8 Å². The van der Waals surface area contributed by atoms with Gasteiger partial charge in [0, 0.05) is 16.4 Å². The summed E-state index contributed by atoms with van der Waals surface area (Å²) in [7, 11) is 0. The Morgan fingerprint density at radius 2 is 2.00 bits per heavy atom. The normalized spacial score (nSPS) is 11.3. The molecule has 0 radical (unpaired) electrons. The highest BCUT2D eigenvalue weighted by atomic mass is 79.9. The van der Waals surface area contributed by atoms with E-state index in [0.717, 1.165) is 28.8 Å². The van der Waals surface area contributed by atoms with Crippen LogP contribution in [0.25, 0.3) is 10.9 Å². The van der Waals surface area contributed by atoms with Gasteiger partial charge in [-0.15, -0.1) is 0 Å². The quantitative estimate of drug-likeness (QED) is 0.832. The Balaban J connectivity index is 2.62. The molecular formula is C16H21BrN2. The fraction of sp³-hybridized carbons (Fsp3) is 0.438. The molecular weight excluding hydrogens is 300 g/mol.